The van der Waals surface area contributed by atoms with Crippen LogP contribution in [0.5, 0.6) is 17.2 Å². The molecule has 4 heterocycles. The number of benzene rings is 2. The van der Waals surface area contributed by atoms with Gasteiger partial charge in [-0.15, -0.1) is 0 Å². The maximum atomic E-state index is 14.0. The zero-order valence-electron chi connectivity index (χ0n) is 16.6. The van der Waals surface area contributed by atoms with Crippen molar-refractivity contribution in [3.8, 4) is 17.2 Å². The van der Waals surface area contributed by atoms with Crippen LogP contribution in [0.4, 0.5) is 5.69 Å². The van der Waals surface area contributed by atoms with Gasteiger partial charge in [-0.2, -0.15) is 0 Å². The molecule has 1 unspecified atom stereocenters. The maximum absolute atomic E-state index is 14.0. The highest BCUT2D eigenvalue weighted by atomic mass is 16.6. The van der Waals surface area contributed by atoms with Crippen LogP contribution in [-0.4, -0.2) is 30.7 Å². The molecule has 2 aromatic carbocycles. The van der Waals surface area contributed by atoms with E-state index in [-0.39, 0.29) is 12.5 Å². The number of anilines is 1. The number of para-hydroxylation sites is 1. The Hall–Kier alpha value is -3.54. The standard InChI is InChI=1S/C24H20N2O4/c1-15-5-4-8-25-18(15)13-26-19-7-3-2-6-16(19)24(23(26)27)14-30-20-12-22-21(11-17(20)24)28-9-10-29-22/h2-8,11-12H,9-10,13-14H2,1H3. The summed E-state index contributed by atoms with van der Waals surface area (Å²) in [7, 11) is 0. The number of pyridine rings is 1. The maximum Gasteiger partial charge on any atom is 0.246 e. The predicted molar refractivity (Wildman–Crippen MR) is 110 cm³/mol. The molecular formula is C24H20N2O4. The van der Waals surface area contributed by atoms with Gasteiger partial charge in [0.2, 0.25) is 5.91 Å². The lowest BCUT2D eigenvalue weighted by Crippen LogP contribution is -2.42. The largest absolute Gasteiger partial charge is 0.491 e. The normalized spacial score (nSPS) is 20.8. The average Bonchev–Trinajstić information content (AvgIpc) is 3.26. The molecule has 0 saturated heterocycles. The zero-order chi connectivity index (χ0) is 20.3. The van der Waals surface area contributed by atoms with E-state index in [1.807, 2.05) is 60.4 Å². The first-order valence-corrected chi connectivity index (χ1v) is 10.1. The molecule has 1 aromatic heterocycles. The van der Waals surface area contributed by atoms with E-state index in [9.17, 15) is 4.79 Å². The third kappa shape index (κ3) is 2.24. The first-order chi connectivity index (χ1) is 14.7. The number of nitrogens with zero attached hydrogens (tertiary/aromatic N) is 2. The number of rotatable bonds is 2. The number of carbonyl (C=O) groups is 1. The molecule has 3 aliphatic rings. The van der Waals surface area contributed by atoms with E-state index in [2.05, 4.69) is 4.98 Å². The fourth-order valence-electron chi connectivity index (χ4n) is 4.70. The van der Waals surface area contributed by atoms with Crippen LogP contribution >= 0.6 is 0 Å². The van der Waals surface area contributed by atoms with Gasteiger partial charge in [-0.25, -0.2) is 0 Å². The highest BCUT2D eigenvalue weighted by Gasteiger charge is 2.57. The third-order valence-corrected chi connectivity index (χ3v) is 6.24. The zero-order valence-corrected chi connectivity index (χ0v) is 16.6. The summed E-state index contributed by atoms with van der Waals surface area (Å²) in [6, 6.07) is 15.6. The Labute approximate surface area is 174 Å². The lowest BCUT2D eigenvalue weighted by atomic mass is 9.77. The van der Waals surface area contributed by atoms with Gasteiger partial charge in [-0.3, -0.25) is 9.78 Å². The molecule has 0 fully saturated rings. The second kappa shape index (κ2) is 6.23. The van der Waals surface area contributed by atoms with Gasteiger partial charge in [-0.05, 0) is 36.2 Å². The molecule has 1 atom stereocenters. The summed E-state index contributed by atoms with van der Waals surface area (Å²) in [5, 5.41) is 0. The van der Waals surface area contributed by atoms with Crippen LogP contribution in [0.1, 0.15) is 22.4 Å². The molecule has 30 heavy (non-hydrogen) atoms. The average molecular weight is 400 g/mol. The summed E-state index contributed by atoms with van der Waals surface area (Å²) in [5.74, 6) is 2.01. The molecule has 0 aliphatic carbocycles. The third-order valence-electron chi connectivity index (χ3n) is 6.24. The Bertz CT molecular complexity index is 1190. The number of fused-ring (bicyclic) bond motifs is 5. The molecule has 6 rings (SSSR count). The van der Waals surface area contributed by atoms with E-state index in [0.717, 1.165) is 28.1 Å². The van der Waals surface area contributed by atoms with Crippen LogP contribution in [-0.2, 0) is 16.8 Å². The van der Waals surface area contributed by atoms with E-state index < -0.39 is 5.41 Å². The van der Waals surface area contributed by atoms with Crippen LogP contribution in [0.2, 0.25) is 0 Å². The van der Waals surface area contributed by atoms with Crippen molar-refractivity contribution in [2.45, 2.75) is 18.9 Å². The minimum Gasteiger partial charge on any atom is -0.491 e. The summed E-state index contributed by atoms with van der Waals surface area (Å²) >= 11 is 0. The van der Waals surface area contributed by atoms with Gasteiger partial charge < -0.3 is 19.1 Å². The van der Waals surface area contributed by atoms with Crippen molar-refractivity contribution in [2.24, 2.45) is 0 Å². The van der Waals surface area contributed by atoms with Crippen molar-refractivity contribution >= 4 is 11.6 Å². The molecule has 1 amide bonds. The second-order valence-corrected chi connectivity index (χ2v) is 7.86. The number of ether oxygens (including phenoxy) is 3. The number of carbonyl (C=O) groups excluding carboxylic acids is 1. The molecule has 0 radical (unpaired) electrons. The number of aromatic nitrogens is 1. The number of aryl methyl sites for hydroxylation is 1. The van der Waals surface area contributed by atoms with Gasteiger partial charge in [-0.1, -0.05) is 24.3 Å². The van der Waals surface area contributed by atoms with Crippen molar-refractivity contribution in [2.75, 3.05) is 24.7 Å². The number of amides is 1. The fourth-order valence-corrected chi connectivity index (χ4v) is 4.70. The van der Waals surface area contributed by atoms with E-state index >= 15 is 0 Å². The van der Waals surface area contributed by atoms with Gasteiger partial charge in [0.05, 0.1) is 12.2 Å². The molecule has 3 aliphatic heterocycles. The van der Waals surface area contributed by atoms with E-state index in [4.69, 9.17) is 14.2 Å². The minimum absolute atomic E-state index is 0.00387. The molecule has 6 heteroatoms. The Morgan fingerprint density at radius 2 is 1.77 bits per heavy atom. The summed E-state index contributed by atoms with van der Waals surface area (Å²) in [5.41, 5.74) is 3.76. The predicted octanol–water partition coefficient (Wildman–Crippen LogP) is 3.39. The van der Waals surface area contributed by atoms with Crippen molar-refractivity contribution in [1.29, 1.82) is 0 Å². The molecule has 3 aromatic rings. The van der Waals surface area contributed by atoms with Crippen molar-refractivity contribution in [3.63, 3.8) is 0 Å². The summed E-state index contributed by atoms with van der Waals surface area (Å²) in [6.07, 6.45) is 1.77. The van der Waals surface area contributed by atoms with Gasteiger partial charge in [0.1, 0.15) is 31.0 Å². The number of hydrogen-bond acceptors (Lipinski definition) is 5. The van der Waals surface area contributed by atoms with Crippen LogP contribution in [0.15, 0.2) is 54.7 Å². The van der Waals surface area contributed by atoms with Crippen molar-refractivity contribution < 1.29 is 19.0 Å². The van der Waals surface area contributed by atoms with Gasteiger partial charge in [0.15, 0.2) is 11.5 Å². The van der Waals surface area contributed by atoms with Crippen LogP contribution < -0.4 is 19.1 Å². The monoisotopic (exact) mass is 400 g/mol. The van der Waals surface area contributed by atoms with Crippen molar-refractivity contribution in [3.05, 3.63) is 77.1 Å². The van der Waals surface area contributed by atoms with E-state index in [1.54, 1.807) is 6.20 Å². The molecule has 1 spiro atoms. The first kappa shape index (κ1) is 17.3. The summed E-state index contributed by atoms with van der Waals surface area (Å²) in [4.78, 5) is 20.3. The molecular weight excluding hydrogens is 380 g/mol. The summed E-state index contributed by atoms with van der Waals surface area (Å²) in [6.45, 7) is 3.70. The highest BCUT2D eigenvalue weighted by molar-refractivity contribution is 6.11. The fraction of sp³-hybridized carbons (Fsp3) is 0.250. The quantitative estimate of drug-likeness (QED) is 0.660. The molecule has 6 nitrogen and oxygen atoms in total. The van der Waals surface area contributed by atoms with Crippen LogP contribution in [0.25, 0.3) is 0 Å². The lowest BCUT2D eigenvalue weighted by molar-refractivity contribution is -0.122. The Kier molecular flexibility index (Phi) is 3.60. The molecule has 0 N–H and O–H groups in total. The van der Waals surface area contributed by atoms with Crippen LogP contribution in [0, 0.1) is 6.92 Å². The first-order valence-electron chi connectivity index (χ1n) is 10.1. The second-order valence-electron chi connectivity index (χ2n) is 7.86. The Morgan fingerprint density at radius 3 is 2.60 bits per heavy atom. The highest BCUT2D eigenvalue weighted by Crippen LogP contribution is 2.54. The Balaban J connectivity index is 1.50. The topological polar surface area (TPSA) is 60.9 Å². The van der Waals surface area contributed by atoms with Gasteiger partial charge in [0.25, 0.3) is 0 Å². The molecule has 0 saturated carbocycles. The minimum atomic E-state index is -0.884. The smallest absolute Gasteiger partial charge is 0.246 e. The molecule has 0 bridgehead atoms. The van der Waals surface area contributed by atoms with E-state index in [1.165, 1.54) is 0 Å². The van der Waals surface area contributed by atoms with Gasteiger partial charge in [0, 0.05) is 23.5 Å². The van der Waals surface area contributed by atoms with Crippen LogP contribution in [0.3, 0.4) is 0 Å². The summed E-state index contributed by atoms with van der Waals surface area (Å²) < 4.78 is 17.6. The lowest BCUT2D eigenvalue weighted by Gasteiger charge is -2.24. The SMILES string of the molecule is Cc1cccnc1CN1C(=O)C2(COc3cc4c(cc32)OCCO4)c2ccccc21. The van der Waals surface area contributed by atoms with Crippen molar-refractivity contribution in [1.82, 2.24) is 4.98 Å². The van der Waals surface area contributed by atoms with Gasteiger partial charge >= 0.3 is 0 Å². The Morgan fingerprint density at radius 1 is 0.967 bits per heavy atom. The van der Waals surface area contributed by atoms with E-state index in [0.29, 0.717) is 37.0 Å². The number of hydrogen-bond donors (Lipinski definition) is 0. The molecule has 150 valence electrons.